The van der Waals surface area contributed by atoms with Gasteiger partial charge in [0.2, 0.25) is 0 Å². The van der Waals surface area contributed by atoms with E-state index in [2.05, 4.69) is 11.4 Å². The average Bonchev–Trinajstić information content (AvgIpc) is 2.35. The zero-order valence-electron chi connectivity index (χ0n) is 12.4. The highest BCUT2D eigenvalue weighted by atomic mass is 19.4. The minimum atomic E-state index is -4.06. The first-order valence-corrected chi connectivity index (χ1v) is 7.14. The van der Waals surface area contributed by atoms with Gasteiger partial charge in [-0.2, -0.15) is 18.4 Å². The fraction of sp³-hybridized carbons (Fsp3) is 0.929. The van der Waals surface area contributed by atoms with E-state index in [0.717, 1.165) is 0 Å². The number of nitrogens with zero attached hydrogens (tertiary/aromatic N) is 2. The van der Waals surface area contributed by atoms with Crippen molar-refractivity contribution in [2.75, 3.05) is 19.6 Å². The van der Waals surface area contributed by atoms with Crippen LogP contribution < -0.4 is 5.32 Å². The van der Waals surface area contributed by atoms with E-state index in [1.165, 1.54) is 0 Å². The molecular formula is C14H24F3N3. The highest BCUT2D eigenvalue weighted by Gasteiger charge is 2.41. The van der Waals surface area contributed by atoms with Gasteiger partial charge in [0.1, 0.15) is 5.54 Å². The first-order chi connectivity index (χ1) is 9.16. The number of likely N-dealkylation sites (tertiary alicyclic amines) is 1. The fourth-order valence-corrected chi connectivity index (χ4v) is 2.66. The van der Waals surface area contributed by atoms with E-state index in [0.29, 0.717) is 26.1 Å². The predicted molar refractivity (Wildman–Crippen MR) is 72.1 cm³/mol. The van der Waals surface area contributed by atoms with Crippen LogP contribution in [-0.4, -0.2) is 42.3 Å². The molecule has 0 bridgehead atoms. The van der Waals surface area contributed by atoms with E-state index in [4.69, 9.17) is 0 Å². The number of hydrogen-bond donors (Lipinski definition) is 1. The molecule has 1 aliphatic rings. The van der Waals surface area contributed by atoms with Crippen molar-refractivity contribution in [3.05, 3.63) is 0 Å². The Balaban J connectivity index is 2.39. The number of piperidine rings is 1. The van der Waals surface area contributed by atoms with Crippen LogP contribution >= 0.6 is 0 Å². The molecule has 1 heterocycles. The lowest BCUT2D eigenvalue weighted by Crippen LogP contribution is -2.48. The molecule has 20 heavy (non-hydrogen) atoms. The van der Waals surface area contributed by atoms with E-state index in [-0.39, 0.29) is 18.9 Å². The van der Waals surface area contributed by atoms with Crippen molar-refractivity contribution >= 4 is 0 Å². The highest BCUT2D eigenvalue weighted by molar-refractivity contribution is 5.04. The standard InChI is InChI=1S/C14H24F3N3/c1-11(2)19-13(3,10-18)6-9-20-7-4-12(5-8-20)14(15,16)17/h11-12,19H,4-9H2,1-3H3. The third-order valence-electron chi connectivity index (χ3n) is 3.83. The maximum absolute atomic E-state index is 12.6. The fourth-order valence-electron chi connectivity index (χ4n) is 2.66. The second-order valence-corrected chi connectivity index (χ2v) is 6.15. The lowest BCUT2D eigenvalue weighted by Gasteiger charge is -2.35. The zero-order valence-corrected chi connectivity index (χ0v) is 12.4. The first kappa shape index (κ1) is 17.3. The Morgan fingerprint density at radius 1 is 1.30 bits per heavy atom. The summed E-state index contributed by atoms with van der Waals surface area (Å²) in [4.78, 5) is 2.03. The molecule has 3 nitrogen and oxygen atoms in total. The van der Waals surface area contributed by atoms with Crippen molar-refractivity contribution in [3.8, 4) is 6.07 Å². The maximum Gasteiger partial charge on any atom is 0.391 e. The molecule has 0 aromatic rings. The van der Waals surface area contributed by atoms with Gasteiger partial charge in [0, 0.05) is 12.6 Å². The van der Waals surface area contributed by atoms with Gasteiger partial charge in [0.25, 0.3) is 0 Å². The van der Waals surface area contributed by atoms with Crippen molar-refractivity contribution in [3.63, 3.8) is 0 Å². The quantitative estimate of drug-likeness (QED) is 0.846. The third kappa shape index (κ3) is 5.29. The topological polar surface area (TPSA) is 39.1 Å². The molecule has 0 radical (unpaired) electrons. The predicted octanol–water partition coefficient (Wildman–Crippen LogP) is 2.93. The van der Waals surface area contributed by atoms with Crippen LogP contribution in [0.5, 0.6) is 0 Å². The molecule has 0 aliphatic carbocycles. The SMILES string of the molecule is CC(C)NC(C)(C#N)CCN1CCC(C(F)(F)F)CC1. The molecule has 0 spiro atoms. The van der Waals surface area contributed by atoms with Gasteiger partial charge in [-0.1, -0.05) is 0 Å². The Hall–Kier alpha value is -0.800. The zero-order chi connectivity index (χ0) is 15.4. The maximum atomic E-state index is 12.6. The molecule has 116 valence electrons. The van der Waals surface area contributed by atoms with Crippen LogP contribution in [0.15, 0.2) is 0 Å². The Morgan fingerprint density at radius 2 is 1.85 bits per heavy atom. The largest absolute Gasteiger partial charge is 0.391 e. The van der Waals surface area contributed by atoms with E-state index in [1.807, 2.05) is 25.7 Å². The van der Waals surface area contributed by atoms with Gasteiger partial charge < -0.3 is 4.90 Å². The van der Waals surface area contributed by atoms with Gasteiger partial charge in [-0.25, -0.2) is 0 Å². The molecular weight excluding hydrogens is 267 g/mol. The van der Waals surface area contributed by atoms with Crippen LogP contribution in [0.4, 0.5) is 13.2 Å². The van der Waals surface area contributed by atoms with Crippen LogP contribution in [0.25, 0.3) is 0 Å². The van der Waals surface area contributed by atoms with Crippen LogP contribution in [0.1, 0.15) is 40.0 Å². The van der Waals surface area contributed by atoms with Crippen molar-refractivity contribution in [2.45, 2.75) is 57.8 Å². The summed E-state index contributed by atoms with van der Waals surface area (Å²) >= 11 is 0. The smallest absolute Gasteiger partial charge is 0.303 e. The van der Waals surface area contributed by atoms with E-state index >= 15 is 0 Å². The second-order valence-electron chi connectivity index (χ2n) is 6.15. The monoisotopic (exact) mass is 291 g/mol. The number of rotatable bonds is 5. The molecule has 1 unspecified atom stereocenters. The molecule has 1 rings (SSSR count). The molecule has 6 heteroatoms. The van der Waals surface area contributed by atoms with Gasteiger partial charge in [-0.05, 0) is 53.1 Å². The highest BCUT2D eigenvalue weighted by Crippen LogP contribution is 2.34. The van der Waals surface area contributed by atoms with Crippen LogP contribution in [0.2, 0.25) is 0 Å². The van der Waals surface area contributed by atoms with Crippen molar-refractivity contribution < 1.29 is 13.2 Å². The van der Waals surface area contributed by atoms with Gasteiger partial charge in [-0.3, -0.25) is 5.32 Å². The third-order valence-corrected chi connectivity index (χ3v) is 3.83. The average molecular weight is 291 g/mol. The lowest BCUT2D eigenvalue weighted by atomic mass is 9.94. The Kier molecular flexibility index (Phi) is 5.84. The molecule has 1 saturated heterocycles. The summed E-state index contributed by atoms with van der Waals surface area (Å²) in [6.07, 6.45) is -3.10. The summed E-state index contributed by atoms with van der Waals surface area (Å²) in [6, 6.07) is 2.47. The summed E-state index contributed by atoms with van der Waals surface area (Å²) in [5.41, 5.74) is -0.616. The van der Waals surface area contributed by atoms with Gasteiger partial charge >= 0.3 is 6.18 Å². The summed E-state index contributed by atoms with van der Waals surface area (Å²) in [5, 5.41) is 12.4. The van der Waals surface area contributed by atoms with Crippen molar-refractivity contribution in [2.24, 2.45) is 5.92 Å². The molecule has 1 aliphatic heterocycles. The summed E-state index contributed by atoms with van der Waals surface area (Å²) in [5.74, 6) is -1.16. The minimum Gasteiger partial charge on any atom is -0.303 e. The number of nitrogens with one attached hydrogen (secondary N) is 1. The molecule has 1 N–H and O–H groups in total. The van der Waals surface area contributed by atoms with Crippen LogP contribution in [0, 0.1) is 17.2 Å². The van der Waals surface area contributed by atoms with Gasteiger partial charge in [-0.15, -0.1) is 0 Å². The molecule has 0 amide bonds. The summed E-state index contributed by atoms with van der Waals surface area (Å²) < 4.78 is 37.7. The van der Waals surface area contributed by atoms with Gasteiger partial charge in [0.15, 0.2) is 0 Å². The van der Waals surface area contributed by atoms with Gasteiger partial charge in [0.05, 0.1) is 12.0 Å². The van der Waals surface area contributed by atoms with Crippen LogP contribution in [0.3, 0.4) is 0 Å². The van der Waals surface area contributed by atoms with E-state index < -0.39 is 17.6 Å². The van der Waals surface area contributed by atoms with Crippen molar-refractivity contribution in [1.82, 2.24) is 10.2 Å². The summed E-state index contributed by atoms with van der Waals surface area (Å²) in [7, 11) is 0. The van der Waals surface area contributed by atoms with Crippen LogP contribution in [-0.2, 0) is 0 Å². The number of alkyl halides is 3. The number of halogens is 3. The first-order valence-electron chi connectivity index (χ1n) is 7.14. The normalized spacial score (nSPS) is 21.7. The Morgan fingerprint density at radius 3 is 2.25 bits per heavy atom. The molecule has 0 aromatic carbocycles. The number of nitriles is 1. The second kappa shape index (κ2) is 6.77. The molecule has 0 saturated carbocycles. The summed E-state index contributed by atoms with van der Waals surface area (Å²) in [6.45, 7) is 7.39. The Labute approximate surface area is 119 Å². The Bertz CT molecular complexity index is 341. The minimum absolute atomic E-state index is 0.171. The van der Waals surface area contributed by atoms with E-state index in [1.54, 1.807) is 0 Å². The van der Waals surface area contributed by atoms with E-state index in [9.17, 15) is 18.4 Å². The molecule has 1 atom stereocenters. The molecule has 0 aromatic heterocycles. The number of hydrogen-bond acceptors (Lipinski definition) is 3. The van der Waals surface area contributed by atoms with Crippen molar-refractivity contribution in [1.29, 1.82) is 5.26 Å². The lowest BCUT2D eigenvalue weighted by molar-refractivity contribution is -0.185. The molecule has 1 fully saturated rings.